The first-order valence-corrected chi connectivity index (χ1v) is 8.25. The molecule has 1 N–H and O–H groups in total. The normalized spacial score (nSPS) is 11.8. The molecule has 0 saturated carbocycles. The lowest BCUT2D eigenvalue weighted by Gasteiger charge is -2.18. The van der Waals surface area contributed by atoms with Crippen molar-refractivity contribution in [3.8, 4) is 11.5 Å². The van der Waals surface area contributed by atoms with E-state index in [0.29, 0.717) is 22.6 Å². The third kappa shape index (κ3) is 3.33. The third-order valence-electron chi connectivity index (χ3n) is 4.35. The van der Waals surface area contributed by atoms with E-state index in [0.717, 1.165) is 10.8 Å². The van der Waals surface area contributed by atoms with Gasteiger partial charge in [-0.2, -0.15) is 0 Å². The summed E-state index contributed by atoms with van der Waals surface area (Å²) in [6.45, 7) is 1.79. The monoisotopic (exact) mass is 353 g/mol. The molecule has 3 aromatic carbocycles. The van der Waals surface area contributed by atoms with Gasteiger partial charge >= 0.3 is 0 Å². The number of nitrogens with one attached hydrogen (secondary N) is 1. The summed E-state index contributed by atoms with van der Waals surface area (Å²) in [7, 11) is 3.11. The van der Waals surface area contributed by atoms with Crippen LogP contribution in [0.15, 0.2) is 54.6 Å². The summed E-state index contributed by atoms with van der Waals surface area (Å²) >= 11 is 0. The number of benzene rings is 3. The van der Waals surface area contributed by atoms with E-state index in [2.05, 4.69) is 5.32 Å². The lowest BCUT2D eigenvalue weighted by Crippen LogP contribution is -2.27. The van der Waals surface area contributed by atoms with E-state index in [1.165, 1.54) is 19.2 Å². The topological polar surface area (TPSA) is 47.6 Å². The van der Waals surface area contributed by atoms with Gasteiger partial charge in [-0.15, -0.1) is 0 Å². The van der Waals surface area contributed by atoms with Gasteiger partial charge in [-0.1, -0.05) is 24.3 Å². The largest absolute Gasteiger partial charge is 0.496 e. The van der Waals surface area contributed by atoms with Crippen LogP contribution in [0.2, 0.25) is 0 Å². The van der Waals surface area contributed by atoms with E-state index in [1.54, 1.807) is 32.2 Å². The zero-order chi connectivity index (χ0) is 18.7. The smallest absolute Gasteiger partial charge is 0.252 e. The summed E-state index contributed by atoms with van der Waals surface area (Å²) in [6.07, 6.45) is 0. The predicted octanol–water partition coefficient (Wildman–Crippen LogP) is 4.49. The molecule has 0 aromatic heterocycles. The fourth-order valence-corrected chi connectivity index (χ4v) is 3.04. The average Bonchev–Trinajstić information content (AvgIpc) is 2.66. The van der Waals surface area contributed by atoms with E-state index in [1.807, 2.05) is 24.3 Å². The molecule has 1 amide bonds. The average molecular weight is 353 g/mol. The first-order valence-electron chi connectivity index (χ1n) is 8.25. The van der Waals surface area contributed by atoms with Crippen LogP contribution in [0.25, 0.3) is 10.8 Å². The molecule has 5 heteroatoms. The first-order chi connectivity index (χ1) is 12.5. The molecule has 0 saturated heterocycles. The molecular weight excluding hydrogens is 333 g/mol. The molecule has 3 rings (SSSR count). The summed E-state index contributed by atoms with van der Waals surface area (Å²) in [4.78, 5) is 12.8. The highest BCUT2D eigenvalue weighted by molar-refractivity contribution is 6.08. The predicted molar refractivity (Wildman–Crippen MR) is 99.3 cm³/mol. The van der Waals surface area contributed by atoms with Gasteiger partial charge in [0.2, 0.25) is 0 Å². The van der Waals surface area contributed by atoms with Crippen LogP contribution >= 0.6 is 0 Å². The molecule has 26 heavy (non-hydrogen) atoms. The molecule has 0 aliphatic heterocycles. The summed E-state index contributed by atoms with van der Waals surface area (Å²) in [5.74, 6) is 0.607. The molecule has 1 unspecified atom stereocenters. The number of hydrogen-bond acceptors (Lipinski definition) is 3. The van der Waals surface area contributed by atoms with Crippen molar-refractivity contribution in [3.63, 3.8) is 0 Å². The van der Waals surface area contributed by atoms with Gasteiger partial charge in [0.25, 0.3) is 5.91 Å². The maximum Gasteiger partial charge on any atom is 0.252 e. The highest BCUT2D eigenvalue weighted by atomic mass is 19.1. The molecular formula is C21H20FNO3. The lowest BCUT2D eigenvalue weighted by molar-refractivity contribution is 0.0941. The van der Waals surface area contributed by atoms with Crippen LogP contribution in [0.3, 0.4) is 0 Å². The molecule has 0 radical (unpaired) electrons. The van der Waals surface area contributed by atoms with Crippen molar-refractivity contribution < 1.29 is 18.7 Å². The van der Waals surface area contributed by atoms with E-state index in [4.69, 9.17) is 9.47 Å². The minimum absolute atomic E-state index is 0.248. The number of hydrogen-bond donors (Lipinski definition) is 1. The third-order valence-corrected chi connectivity index (χ3v) is 4.35. The van der Waals surface area contributed by atoms with Gasteiger partial charge in [-0.25, -0.2) is 4.39 Å². The molecule has 1 atom stereocenters. The summed E-state index contributed by atoms with van der Waals surface area (Å²) in [5, 5.41) is 4.57. The second-order valence-corrected chi connectivity index (χ2v) is 5.94. The molecule has 0 fully saturated rings. The Kier molecular flexibility index (Phi) is 5.07. The molecule has 0 aliphatic rings. The zero-order valence-corrected chi connectivity index (χ0v) is 14.9. The Balaban J connectivity index is 1.94. The van der Waals surface area contributed by atoms with Crippen LogP contribution in [0.5, 0.6) is 11.5 Å². The number of halogens is 1. The lowest BCUT2D eigenvalue weighted by atomic mass is 10.0. The molecule has 0 heterocycles. The number of methoxy groups -OCH3 is 2. The van der Waals surface area contributed by atoms with Crippen molar-refractivity contribution in [1.29, 1.82) is 0 Å². The second-order valence-electron chi connectivity index (χ2n) is 5.94. The standard InChI is InChI=1S/C21H20FNO3/c1-13(18-12-14(22)8-10-20(18)26-3)23-21(24)17-9-11-19(25-2)16-7-5-4-6-15(16)17/h4-13H,1-3H3,(H,23,24). The van der Waals surface area contributed by atoms with Crippen LogP contribution in [-0.2, 0) is 0 Å². The number of ether oxygens (including phenoxy) is 2. The Labute approximate surface area is 151 Å². The molecule has 4 nitrogen and oxygen atoms in total. The van der Waals surface area contributed by atoms with Gasteiger partial charge in [0.05, 0.1) is 20.3 Å². The van der Waals surface area contributed by atoms with Crippen molar-refractivity contribution >= 4 is 16.7 Å². The minimum Gasteiger partial charge on any atom is -0.496 e. The van der Waals surface area contributed by atoms with Crippen molar-refractivity contribution in [1.82, 2.24) is 5.32 Å². The first kappa shape index (κ1) is 17.7. The van der Waals surface area contributed by atoms with Crippen molar-refractivity contribution in [2.24, 2.45) is 0 Å². The fourth-order valence-electron chi connectivity index (χ4n) is 3.04. The molecule has 134 valence electrons. The number of rotatable bonds is 5. The number of fused-ring (bicyclic) bond motifs is 1. The van der Waals surface area contributed by atoms with E-state index in [-0.39, 0.29) is 11.7 Å². The maximum atomic E-state index is 13.6. The van der Waals surface area contributed by atoms with Crippen molar-refractivity contribution in [2.45, 2.75) is 13.0 Å². The van der Waals surface area contributed by atoms with Crippen LogP contribution < -0.4 is 14.8 Å². The minimum atomic E-state index is -0.422. The molecule has 3 aromatic rings. The van der Waals surface area contributed by atoms with Crippen LogP contribution in [0.1, 0.15) is 28.9 Å². The van der Waals surface area contributed by atoms with Gasteiger partial charge < -0.3 is 14.8 Å². The van der Waals surface area contributed by atoms with Gasteiger partial charge in [-0.05, 0) is 42.6 Å². The Morgan fingerprint density at radius 2 is 1.62 bits per heavy atom. The van der Waals surface area contributed by atoms with Crippen LogP contribution in [-0.4, -0.2) is 20.1 Å². The van der Waals surface area contributed by atoms with Crippen molar-refractivity contribution in [2.75, 3.05) is 14.2 Å². The summed E-state index contributed by atoms with van der Waals surface area (Å²) in [6, 6.07) is 14.9. The van der Waals surface area contributed by atoms with Gasteiger partial charge in [0, 0.05) is 16.5 Å². The molecule has 0 aliphatic carbocycles. The Morgan fingerprint density at radius 1 is 0.962 bits per heavy atom. The van der Waals surface area contributed by atoms with E-state index in [9.17, 15) is 9.18 Å². The highest BCUT2D eigenvalue weighted by Gasteiger charge is 2.18. The molecule has 0 spiro atoms. The number of carbonyl (C=O) groups excluding carboxylic acids is 1. The van der Waals surface area contributed by atoms with Crippen LogP contribution in [0.4, 0.5) is 4.39 Å². The Hall–Kier alpha value is -3.08. The molecule has 0 bridgehead atoms. The SMILES string of the molecule is COc1ccc(F)cc1C(C)NC(=O)c1ccc(OC)c2ccccc12. The number of carbonyl (C=O) groups is 1. The summed E-state index contributed by atoms with van der Waals surface area (Å²) < 4.78 is 24.3. The highest BCUT2D eigenvalue weighted by Crippen LogP contribution is 2.30. The van der Waals surface area contributed by atoms with Gasteiger partial charge in [0.15, 0.2) is 0 Å². The quantitative estimate of drug-likeness (QED) is 0.735. The fraction of sp³-hybridized carbons (Fsp3) is 0.190. The zero-order valence-electron chi connectivity index (χ0n) is 14.9. The summed E-state index contributed by atoms with van der Waals surface area (Å²) in [5.41, 5.74) is 1.11. The van der Waals surface area contributed by atoms with Crippen molar-refractivity contribution in [3.05, 3.63) is 71.5 Å². The Bertz CT molecular complexity index is 955. The van der Waals surface area contributed by atoms with Crippen LogP contribution in [0, 0.1) is 5.82 Å². The second kappa shape index (κ2) is 7.44. The van der Waals surface area contributed by atoms with Gasteiger partial charge in [-0.3, -0.25) is 4.79 Å². The Morgan fingerprint density at radius 3 is 2.31 bits per heavy atom. The number of amides is 1. The maximum absolute atomic E-state index is 13.6. The van der Waals surface area contributed by atoms with Gasteiger partial charge in [0.1, 0.15) is 17.3 Å². The van der Waals surface area contributed by atoms with E-state index >= 15 is 0 Å². The van der Waals surface area contributed by atoms with E-state index < -0.39 is 6.04 Å².